The summed E-state index contributed by atoms with van der Waals surface area (Å²) in [4.78, 5) is 29.0. The first-order valence-corrected chi connectivity index (χ1v) is 10.5. The maximum absolute atomic E-state index is 14.5. The van der Waals surface area contributed by atoms with Gasteiger partial charge in [-0.05, 0) is 55.7 Å². The molecule has 164 valence electrons. The Labute approximate surface area is 188 Å². The van der Waals surface area contributed by atoms with Crippen molar-refractivity contribution in [1.82, 2.24) is 15.6 Å². The number of hydrogen-bond acceptors (Lipinski definition) is 3. The minimum atomic E-state index is -0.578. The number of benzene rings is 2. The van der Waals surface area contributed by atoms with Crippen LogP contribution >= 0.6 is 11.6 Å². The number of halogens is 3. The van der Waals surface area contributed by atoms with Gasteiger partial charge < -0.3 is 10.6 Å². The fourth-order valence-corrected chi connectivity index (χ4v) is 3.42. The lowest BCUT2D eigenvalue weighted by molar-refractivity contribution is 0.0942. The lowest BCUT2D eigenvalue weighted by Crippen LogP contribution is -2.25. The van der Waals surface area contributed by atoms with Gasteiger partial charge in [-0.2, -0.15) is 0 Å². The van der Waals surface area contributed by atoms with Gasteiger partial charge in [0.05, 0.1) is 16.3 Å². The number of carbonyl (C=O) groups excluding carboxylic acids is 2. The number of amides is 2. The molecule has 32 heavy (non-hydrogen) atoms. The van der Waals surface area contributed by atoms with E-state index in [1.807, 2.05) is 0 Å². The summed E-state index contributed by atoms with van der Waals surface area (Å²) < 4.78 is 28.4. The molecule has 0 atom stereocenters. The Morgan fingerprint density at radius 2 is 1.88 bits per heavy atom. The highest BCUT2D eigenvalue weighted by Crippen LogP contribution is 2.27. The molecule has 0 aliphatic heterocycles. The number of hydrogen-bond donors (Lipinski definition) is 2. The van der Waals surface area contributed by atoms with Crippen molar-refractivity contribution in [3.8, 4) is 11.3 Å². The quantitative estimate of drug-likeness (QED) is 0.560. The van der Waals surface area contributed by atoms with Crippen LogP contribution in [0.5, 0.6) is 0 Å². The van der Waals surface area contributed by atoms with Crippen molar-refractivity contribution < 1.29 is 18.4 Å². The van der Waals surface area contributed by atoms with E-state index in [1.165, 1.54) is 24.4 Å². The zero-order chi connectivity index (χ0) is 22.8. The molecule has 3 aromatic rings. The summed E-state index contributed by atoms with van der Waals surface area (Å²) in [6, 6.07) is 10.7. The fraction of sp³-hybridized carbons (Fsp3) is 0.208. The third-order valence-corrected chi connectivity index (χ3v) is 5.58. The Bertz CT molecular complexity index is 1190. The summed E-state index contributed by atoms with van der Waals surface area (Å²) in [5, 5.41) is 5.45. The monoisotopic (exact) mass is 455 g/mol. The number of carbonyl (C=O) groups is 2. The number of nitrogens with one attached hydrogen (secondary N) is 2. The summed E-state index contributed by atoms with van der Waals surface area (Å²) in [5.74, 6) is -1.84. The Morgan fingerprint density at radius 1 is 1.09 bits per heavy atom. The van der Waals surface area contributed by atoms with Crippen molar-refractivity contribution in [2.24, 2.45) is 0 Å². The predicted octanol–water partition coefficient (Wildman–Crippen LogP) is 4.81. The summed E-state index contributed by atoms with van der Waals surface area (Å²) in [6.07, 6.45) is 3.22. The summed E-state index contributed by atoms with van der Waals surface area (Å²) >= 11 is 5.75. The van der Waals surface area contributed by atoms with E-state index in [1.54, 1.807) is 31.2 Å². The first kappa shape index (κ1) is 21.9. The lowest BCUT2D eigenvalue weighted by Gasteiger charge is -2.11. The highest BCUT2D eigenvalue weighted by molar-refractivity contribution is 6.30. The van der Waals surface area contributed by atoms with Crippen molar-refractivity contribution in [3.63, 3.8) is 0 Å². The Hall–Kier alpha value is -3.32. The third-order valence-electron chi connectivity index (χ3n) is 5.29. The normalized spacial score (nSPS) is 13.0. The Kier molecular flexibility index (Phi) is 6.19. The second-order valence-corrected chi connectivity index (χ2v) is 8.11. The van der Waals surface area contributed by atoms with Gasteiger partial charge in [0.15, 0.2) is 0 Å². The standard InChI is InChI=1S/C24H20ClF2N3O2/c1-13-18(9-16(10-20(13)26)24(32)30-17-6-7-17)21-8-5-15(12-28-21)23(31)29-11-14-3-2-4-19(25)22(14)27/h2-5,8-10,12,17H,6-7,11H2,1H3,(H,29,31)(H,30,32). The minimum absolute atomic E-state index is 0.0154. The molecule has 0 radical (unpaired) electrons. The zero-order valence-corrected chi connectivity index (χ0v) is 18.0. The molecule has 4 rings (SSSR count). The van der Waals surface area contributed by atoms with Gasteiger partial charge in [0.1, 0.15) is 11.6 Å². The molecule has 0 unspecified atom stereocenters. The van der Waals surface area contributed by atoms with E-state index in [0.29, 0.717) is 16.8 Å². The van der Waals surface area contributed by atoms with E-state index in [9.17, 15) is 18.4 Å². The van der Waals surface area contributed by atoms with Crippen LogP contribution in [0.3, 0.4) is 0 Å². The molecule has 8 heteroatoms. The van der Waals surface area contributed by atoms with Crippen LogP contribution < -0.4 is 10.6 Å². The first-order valence-electron chi connectivity index (χ1n) is 10.1. The van der Waals surface area contributed by atoms with E-state index in [0.717, 1.165) is 12.8 Å². The van der Waals surface area contributed by atoms with Gasteiger partial charge in [-0.15, -0.1) is 0 Å². The molecule has 0 bridgehead atoms. The maximum Gasteiger partial charge on any atom is 0.253 e. The van der Waals surface area contributed by atoms with E-state index < -0.39 is 17.5 Å². The van der Waals surface area contributed by atoms with Crippen LogP contribution in [-0.2, 0) is 6.54 Å². The molecule has 1 heterocycles. The molecule has 0 saturated heterocycles. The number of rotatable bonds is 6. The van der Waals surface area contributed by atoms with Crippen LogP contribution in [0.2, 0.25) is 5.02 Å². The van der Waals surface area contributed by atoms with E-state index in [2.05, 4.69) is 15.6 Å². The number of aromatic nitrogens is 1. The molecule has 1 aromatic heterocycles. The molecular weight excluding hydrogens is 436 g/mol. The highest BCUT2D eigenvalue weighted by atomic mass is 35.5. The molecule has 2 aromatic carbocycles. The van der Waals surface area contributed by atoms with E-state index in [4.69, 9.17) is 11.6 Å². The van der Waals surface area contributed by atoms with Gasteiger partial charge in [0.25, 0.3) is 11.8 Å². The van der Waals surface area contributed by atoms with Gasteiger partial charge >= 0.3 is 0 Å². The van der Waals surface area contributed by atoms with Crippen LogP contribution in [0.4, 0.5) is 8.78 Å². The molecule has 2 N–H and O–H groups in total. The molecule has 5 nitrogen and oxygen atoms in total. The second kappa shape index (κ2) is 9.04. The Morgan fingerprint density at radius 3 is 2.56 bits per heavy atom. The molecular formula is C24H20ClF2N3O2. The van der Waals surface area contributed by atoms with Crippen molar-refractivity contribution in [2.45, 2.75) is 32.4 Å². The fourth-order valence-electron chi connectivity index (χ4n) is 3.22. The van der Waals surface area contributed by atoms with Gasteiger partial charge in [0, 0.05) is 35.5 Å². The molecule has 1 saturated carbocycles. The van der Waals surface area contributed by atoms with E-state index in [-0.39, 0.29) is 40.2 Å². The number of nitrogens with zero attached hydrogens (tertiary/aromatic N) is 1. The van der Waals surface area contributed by atoms with Gasteiger partial charge in [-0.3, -0.25) is 14.6 Å². The van der Waals surface area contributed by atoms with Crippen LogP contribution in [0.15, 0.2) is 48.7 Å². The Balaban J connectivity index is 1.50. The first-order chi connectivity index (χ1) is 15.3. The smallest absolute Gasteiger partial charge is 0.253 e. The number of pyridine rings is 1. The van der Waals surface area contributed by atoms with Crippen LogP contribution in [-0.4, -0.2) is 22.8 Å². The average molecular weight is 456 g/mol. The predicted molar refractivity (Wildman–Crippen MR) is 117 cm³/mol. The van der Waals surface area contributed by atoms with Crippen LogP contribution in [0.25, 0.3) is 11.3 Å². The van der Waals surface area contributed by atoms with Crippen molar-refractivity contribution in [3.05, 3.63) is 87.6 Å². The highest BCUT2D eigenvalue weighted by Gasteiger charge is 2.24. The molecule has 1 aliphatic carbocycles. The van der Waals surface area contributed by atoms with E-state index >= 15 is 0 Å². The third kappa shape index (κ3) is 4.78. The molecule has 1 aliphatic rings. The maximum atomic E-state index is 14.5. The summed E-state index contributed by atoms with van der Waals surface area (Å²) in [5.41, 5.74) is 2.01. The van der Waals surface area contributed by atoms with Crippen molar-refractivity contribution in [2.75, 3.05) is 0 Å². The molecule has 2 amide bonds. The van der Waals surface area contributed by atoms with Crippen molar-refractivity contribution >= 4 is 23.4 Å². The van der Waals surface area contributed by atoms with Gasteiger partial charge in [-0.25, -0.2) is 8.78 Å². The largest absolute Gasteiger partial charge is 0.349 e. The average Bonchev–Trinajstić information content (AvgIpc) is 3.60. The molecule has 0 spiro atoms. The van der Waals surface area contributed by atoms with Gasteiger partial charge in [-0.1, -0.05) is 23.7 Å². The summed E-state index contributed by atoms with van der Waals surface area (Å²) in [6.45, 7) is 1.57. The van der Waals surface area contributed by atoms with Crippen molar-refractivity contribution in [1.29, 1.82) is 0 Å². The van der Waals surface area contributed by atoms with Gasteiger partial charge in [0.2, 0.25) is 0 Å². The van der Waals surface area contributed by atoms with Crippen LogP contribution in [0, 0.1) is 18.6 Å². The summed E-state index contributed by atoms with van der Waals surface area (Å²) in [7, 11) is 0. The SMILES string of the molecule is Cc1c(F)cc(C(=O)NC2CC2)cc1-c1ccc(C(=O)NCc2cccc(Cl)c2F)cn1. The zero-order valence-electron chi connectivity index (χ0n) is 17.2. The second-order valence-electron chi connectivity index (χ2n) is 7.71. The minimum Gasteiger partial charge on any atom is -0.349 e. The topological polar surface area (TPSA) is 71.1 Å². The molecule has 1 fully saturated rings. The lowest BCUT2D eigenvalue weighted by atomic mass is 10.00. The van der Waals surface area contributed by atoms with Crippen LogP contribution in [0.1, 0.15) is 44.7 Å².